The first-order valence-electron chi connectivity index (χ1n) is 8.22. The molecule has 0 amide bonds. The average molecular weight is 391 g/mol. The fraction of sp³-hybridized carbons (Fsp3) is 0.200. The van der Waals surface area contributed by atoms with Gasteiger partial charge < -0.3 is 13.9 Å². The van der Waals surface area contributed by atoms with Crippen molar-refractivity contribution < 1.29 is 23.1 Å². The molecule has 0 N–H and O–H groups in total. The summed E-state index contributed by atoms with van der Waals surface area (Å²) in [5, 5.41) is 0.268. The molecule has 0 unspecified atom stereocenters. The highest BCUT2D eigenvalue weighted by Crippen LogP contribution is 2.34. The summed E-state index contributed by atoms with van der Waals surface area (Å²) in [6.07, 6.45) is 0.529. The second-order valence-corrected chi connectivity index (χ2v) is 6.28. The maximum absolute atomic E-state index is 14.0. The quantitative estimate of drug-likeness (QED) is 0.454. The maximum Gasteiger partial charge on any atom is 0.308 e. The summed E-state index contributed by atoms with van der Waals surface area (Å²) in [5.41, 5.74) is 0.416. The minimum absolute atomic E-state index is 0.0355. The summed E-state index contributed by atoms with van der Waals surface area (Å²) in [4.78, 5) is 24.2. The lowest BCUT2D eigenvalue weighted by Crippen LogP contribution is -2.10. The second kappa shape index (κ2) is 7.40. The van der Waals surface area contributed by atoms with Crippen LogP contribution in [-0.4, -0.2) is 5.97 Å². The SMILES string of the molecule is CCc1cc2c(=O)c(Oc3c(F)cccc3Cl)c(C)oc2cc1OC(C)=O. The molecular formula is C20H16ClFO5. The first-order chi connectivity index (χ1) is 12.8. The third-order valence-electron chi connectivity index (χ3n) is 3.95. The van der Waals surface area contributed by atoms with Crippen LogP contribution < -0.4 is 14.9 Å². The summed E-state index contributed by atoms with van der Waals surface area (Å²) in [6.45, 7) is 4.67. The Morgan fingerprint density at radius 3 is 2.63 bits per heavy atom. The van der Waals surface area contributed by atoms with E-state index < -0.39 is 17.2 Å². The van der Waals surface area contributed by atoms with Crippen molar-refractivity contribution >= 4 is 28.5 Å². The molecule has 0 saturated carbocycles. The molecule has 0 fully saturated rings. The van der Waals surface area contributed by atoms with E-state index >= 15 is 0 Å². The number of halogens is 2. The highest BCUT2D eigenvalue weighted by atomic mass is 35.5. The largest absolute Gasteiger partial charge is 0.457 e. The lowest BCUT2D eigenvalue weighted by atomic mass is 10.1. The van der Waals surface area contributed by atoms with Crippen LogP contribution in [0.5, 0.6) is 17.2 Å². The van der Waals surface area contributed by atoms with E-state index in [1.165, 1.54) is 38.1 Å². The Morgan fingerprint density at radius 2 is 2.00 bits per heavy atom. The number of carbonyl (C=O) groups is 1. The van der Waals surface area contributed by atoms with Gasteiger partial charge in [-0.1, -0.05) is 24.6 Å². The fourth-order valence-corrected chi connectivity index (χ4v) is 2.89. The molecule has 3 aromatic rings. The highest BCUT2D eigenvalue weighted by molar-refractivity contribution is 6.32. The molecule has 0 aliphatic heterocycles. The molecule has 140 valence electrons. The van der Waals surface area contributed by atoms with Crippen LogP contribution in [0.2, 0.25) is 5.02 Å². The van der Waals surface area contributed by atoms with Gasteiger partial charge in [0.2, 0.25) is 11.2 Å². The molecule has 7 heteroatoms. The van der Waals surface area contributed by atoms with Crippen LogP contribution in [0, 0.1) is 12.7 Å². The van der Waals surface area contributed by atoms with Gasteiger partial charge in [0, 0.05) is 13.0 Å². The van der Waals surface area contributed by atoms with Gasteiger partial charge in [0.25, 0.3) is 0 Å². The lowest BCUT2D eigenvalue weighted by Gasteiger charge is -2.12. The Balaban J connectivity index is 2.19. The van der Waals surface area contributed by atoms with E-state index in [0.717, 1.165) is 0 Å². The van der Waals surface area contributed by atoms with Crippen molar-refractivity contribution in [3.8, 4) is 17.2 Å². The van der Waals surface area contributed by atoms with Gasteiger partial charge in [-0.05, 0) is 37.1 Å². The number of para-hydroxylation sites is 1. The molecule has 0 aliphatic rings. The van der Waals surface area contributed by atoms with Gasteiger partial charge in [0.05, 0.1) is 10.4 Å². The zero-order chi connectivity index (χ0) is 19.7. The Bertz CT molecular complexity index is 1080. The molecule has 0 radical (unpaired) electrons. The van der Waals surface area contributed by atoms with E-state index in [-0.39, 0.29) is 33.3 Å². The highest BCUT2D eigenvalue weighted by Gasteiger charge is 2.19. The van der Waals surface area contributed by atoms with Gasteiger partial charge >= 0.3 is 5.97 Å². The van der Waals surface area contributed by atoms with Crippen LogP contribution in [0.1, 0.15) is 25.2 Å². The standard InChI is InChI=1S/C20H16ClFO5/c1-4-12-8-13-17(9-16(12)26-11(3)23)25-10(2)19(18(13)24)27-20-14(21)6-5-7-15(20)22/h5-9H,4H2,1-3H3. The molecule has 0 bridgehead atoms. The van der Waals surface area contributed by atoms with Gasteiger partial charge in [0.15, 0.2) is 11.6 Å². The minimum atomic E-state index is -0.694. The molecule has 0 saturated heterocycles. The van der Waals surface area contributed by atoms with Crippen LogP contribution in [0.15, 0.2) is 39.5 Å². The van der Waals surface area contributed by atoms with E-state index in [9.17, 15) is 14.0 Å². The molecule has 1 aromatic heterocycles. The molecule has 0 atom stereocenters. The zero-order valence-electron chi connectivity index (χ0n) is 14.9. The first-order valence-corrected chi connectivity index (χ1v) is 8.60. The first kappa shape index (κ1) is 18.9. The van der Waals surface area contributed by atoms with Crippen molar-refractivity contribution in [1.82, 2.24) is 0 Å². The van der Waals surface area contributed by atoms with Crippen molar-refractivity contribution in [3.05, 3.63) is 62.7 Å². The van der Waals surface area contributed by atoms with Crippen LogP contribution in [0.25, 0.3) is 11.0 Å². The van der Waals surface area contributed by atoms with Crippen LogP contribution in [0.3, 0.4) is 0 Å². The van der Waals surface area contributed by atoms with Crippen LogP contribution in [0.4, 0.5) is 4.39 Å². The predicted octanol–water partition coefficient (Wildman–Crippen LogP) is 5.17. The number of fused-ring (bicyclic) bond motifs is 1. The molecule has 1 heterocycles. The van der Waals surface area contributed by atoms with Gasteiger partial charge in [-0.25, -0.2) is 4.39 Å². The molecular weight excluding hydrogens is 375 g/mol. The predicted molar refractivity (Wildman–Crippen MR) is 99.4 cm³/mol. The van der Waals surface area contributed by atoms with Crippen LogP contribution >= 0.6 is 11.6 Å². The minimum Gasteiger partial charge on any atom is -0.457 e. The summed E-state index contributed by atoms with van der Waals surface area (Å²) < 4.78 is 30.3. The Morgan fingerprint density at radius 1 is 1.26 bits per heavy atom. The molecule has 27 heavy (non-hydrogen) atoms. The zero-order valence-corrected chi connectivity index (χ0v) is 15.6. The Labute approximate surface area is 159 Å². The number of aryl methyl sites for hydroxylation is 2. The summed E-state index contributed by atoms with van der Waals surface area (Å²) in [5.74, 6) is -1.10. The van der Waals surface area contributed by atoms with Gasteiger partial charge in [-0.3, -0.25) is 9.59 Å². The Kier molecular flexibility index (Phi) is 5.19. The smallest absolute Gasteiger partial charge is 0.308 e. The monoisotopic (exact) mass is 390 g/mol. The van der Waals surface area contributed by atoms with Crippen molar-refractivity contribution in [3.63, 3.8) is 0 Å². The third kappa shape index (κ3) is 3.66. The summed E-state index contributed by atoms with van der Waals surface area (Å²) >= 11 is 5.97. The number of carbonyl (C=O) groups excluding carboxylic acids is 1. The van der Waals surface area contributed by atoms with Gasteiger partial charge in [0.1, 0.15) is 17.1 Å². The van der Waals surface area contributed by atoms with E-state index in [1.807, 2.05) is 6.92 Å². The molecule has 0 spiro atoms. The van der Waals surface area contributed by atoms with E-state index in [0.29, 0.717) is 17.7 Å². The van der Waals surface area contributed by atoms with E-state index in [2.05, 4.69) is 0 Å². The van der Waals surface area contributed by atoms with Gasteiger partial charge in [-0.15, -0.1) is 0 Å². The molecule has 2 aromatic carbocycles. The lowest BCUT2D eigenvalue weighted by molar-refractivity contribution is -0.131. The van der Waals surface area contributed by atoms with E-state index in [4.69, 9.17) is 25.5 Å². The number of esters is 1. The average Bonchev–Trinajstić information content (AvgIpc) is 2.60. The van der Waals surface area contributed by atoms with Crippen molar-refractivity contribution in [2.45, 2.75) is 27.2 Å². The number of hydrogen-bond acceptors (Lipinski definition) is 5. The number of hydrogen-bond donors (Lipinski definition) is 0. The summed E-state index contributed by atoms with van der Waals surface area (Å²) in [7, 11) is 0. The number of ether oxygens (including phenoxy) is 2. The molecule has 5 nitrogen and oxygen atoms in total. The van der Waals surface area contributed by atoms with Crippen molar-refractivity contribution in [1.29, 1.82) is 0 Å². The normalized spacial score (nSPS) is 10.9. The Hall–Kier alpha value is -2.86. The molecule has 3 rings (SSSR count). The topological polar surface area (TPSA) is 65.7 Å². The fourth-order valence-electron chi connectivity index (χ4n) is 2.69. The van der Waals surface area contributed by atoms with Crippen molar-refractivity contribution in [2.75, 3.05) is 0 Å². The third-order valence-corrected chi connectivity index (χ3v) is 4.25. The van der Waals surface area contributed by atoms with Gasteiger partial charge in [-0.2, -0.15) is 0 Å². The number of rotatable bonds is 4. The van der Waals surface area contributed by atoms with E-state index in [1.54, 1.807) is 6.07 Å². The van der Waals surface area contributed by atoms with Crippen molar-refractivity contribution in [2.24, 2.45) is 0 Å². The second-order valence-electron chi connectivity index (χ2n) is 5.87. The van der Waals surface area contributed by atoms with Crippen LogP contribution in [-0.2, 0) is 11.2 Å². The molecule has 0 aliphatic carbocycles. The summed E-state index contributed by atoms with van der Waals surface area (Å²) in [6, 6.07) is 7.14. The maximum atomic E-state index is 14.0. The number of benzene rings is 2.